The molecular weight excluding hydrogens is 400 g/mol. The van der Waals surface area contributed by atoms with Crippen LogP contribution in [0.5, 0.6) is 0 Å². The van der Waals surface area contributed by atoms with Crippen LogP contribution < -0.4 is 4.90 Å². The maximum absolute atomic E-state index is 9.72. The molecule has 0 saturated carbocycles. The van der Waals surface area contributed by atoms with Crippen molar-refractivity contribution < 1.29 is 9.15 Å². The summed E-state index contributed by atoms with van der Waals surface area (Å²) in [6, 6.07) is 16.5. The first-order valence-corrected chi connectivity index (χ1v) is 11.6. The Balaban J connectivity index is 1.30. The topological polar surface area (TPSA) is 65.5 Å². The van der Waals surface area contributed by atoms with Crippen LogP contribution in [-0.4, -0.2) is 54.8 Å². The van der Waals surface area contributed by atoms with Crippen molar-refractivity contribution in [3.05, 3.63) is 48.2 Å². The SMILES string of the molecule is CC1CN(CC2CCN(c3oc(-c4cccc5ccccc45)nc3C#N)CC2)CC(C)O1. The van der Waals surface area contributed by atoms with Gasteiger partial charge in [0.25, 0.3) is 0 Å². The van der Waals surface area contributed by atoms with Gasteiger partial charge >= 0.3 is 0 Å². The lowest BCUT2D eigenvalue weighted by atomic mass is 9.95. The third kappa shape index (κ3) is 4.23. The van der Waals surface area contributed by atoms with Gasteiger partial charge in [-0.3, -0.25) is 4.90 Å². The first-order valence-electron chi connectivity index (χ1n) is 11.6. The smallest absolute Gasteiger partial charge is 0.235 e. The Morgan fingerprint density at radius 1 is 1.03 bits per heavy atom. The fourth-order valence-corrected chi connectivity index (χ4v) is 5.24. The van der Waals surface area contributed by atoms with Crippen LogP contribution in [0.2, 0.25) is 0 Å². The second-order valence-corrected chi connectivity index (χ2v) is 9.22. The van der Waals surface area contributed by atoms with Crippen molar-refractivity contribution in [1.29, 1.82) is 5.26 Å². The number of rotatable bonds is 4. The van der Waals surface area contributed by atoms with E-state index in [0.29, 0.717) is 35.6 Å². The number of piperidine rings is 1. The van der Waals surface area contributed by atoms with Gasteiger partial charge in [-0.25, -0.2) is 0 Å². The number of hydrogen-bond acceptors (Lipinski definition) is 6. The molecule has 2 aliphatic rings. The molecule has 0 radical (unpaired) electrons. The highest BCUT2D eigenvalue weighted by molar-refractivity contribution is 5.94. The predicted molar refractivity (Wildman–Crippen MR) is 126 cm³/mol. The summed E-state index contributed by atoms with van der Waals surface area (Å²) in [4.78, 5) is 9.31. The van der Waals surface area contributed by atoms with Gasteiger partial charge in [-0.1, -0.05) is 36.4 Å². The molecule has 0 N–H and O–H groups in total. The molecular formula is C26H30N4O2. The van der Waals surface area contributed by atoms with Crippen molar-refractivity contribution in [2.24, 2.45) is 5.92 Å². The summed E-state index contributed by atoms with van der Waals surface area (Å²) in [5, 5.41) is 11.9. The van der Waals surface area contributed by atoms with Crippen molar-refractivity contribution in [3.8, 4) is 17.5 Å². The molecule has 1 aromatic heterocycles. The molecule has 32 heavy (non-hydrogen) atoms. The van der Waals surface area contributed by atoms with Gasteiger partial charge in [-0.2, -0.15) is 10.2 Å². The van der Waals surface area contributed by atoms with Crippen LogP contribution in [0.15, 0.2) is 46.9 Å². The van der Waals surface area contributed by atoms with Gasteiger partial charge < -0.3 is 14.1 Å². The summed E-state index contributed by atoms with van der Waals surface area (Å²) in [5.41, 5.74) is 1.30. The predicted octanol–water partition coefficient (Wildman–Crippen LogP) is 4.69. The molecule has 2 unspecified atom stereocenters. The van der Waals surface area contributed by atoms with Crippen LogP contribution in [0.4, 0.5) is 5.88 Å². The number of hydrogen-bond donors (Lipinski definition) is 0. The zero-order chi connectivity index (χ0) is 22.1. The number of aromatic nitrogens is 1. The monoisotopic (exact) mass is 430 g/mol. The van der Waals surface area contributed by atoms with Crippen molar-refractivity contribution in [2.45, 2.75) is 38.9 Å². The van der Waals surface area contributed by atoms with E-state index in [0.717, 1.165) is 61.9 Å². The van der Waals surface area contributed by atoms with E-state index in [2.05, 4.69) is 52.9 Å². The van der Waals surface area contributed by atoms with Gasteiger partial charge in [-0.05, 0) is 49.4 Å². The molecule has 0 spiro atoms. The lowest BCUT2D eigenvalue weighted by molar-refractivity contribution is -0.0720. The molecule has 2 aromatic carbocycles. The van der Waals surface area contributed by atoms with E-state index in [1.54, 1.807) is 0 Å². The van der Waals surface area contributed by atoms with Gasteiger partial charge in [0.05, 0.1) is 12.2 Å². The van der Waals surface area contributed by atoms with Gasteiger partial charge in [0.1, 0.15) is 6.07 Å². The van der Waals surface area contributed by atoms with Crippen LogP contribution in [0.3, 0.4) is 0 Å². The molecule has 6 nitrogen and oxygen atoms in total. The highest BCUT2D eigenvalue weighted by Gasteiger charge is 2.29. The number of nitriles is 1. The third-order valence-corrected chi connectivity index (χ3v) is 6.65. The lowest BCUT2D eigenvalue weighted by Crippen LogP contribution is -2.48. The number of oxazole rings is 1. The molecule has 5 rings (SSSR count). The molecule has 0 bridgehead atoms. The summed E-state index contributed by atoms with van der Waals surface area (Å²) < 4.78 is 12.1. The van der Waals surface area contributed by atoms with Crippen molar-refractivity contribution in [1.82, 2.24) is 9.88 Å². The maximum Gasteiger partial charge on any atom is 0.235 e. The fraction of sp³-hybridized carbons (Fsp3) is 0.462. The minimum Gasteiger partial charge on any atom is -0.419 e. The first kappa shape index (κ1) is 21.0. The number of nitrogens with zero attached hydrogens (tertiary/aromatic N) is 4. The number of anilines is 1. The molecule has 3 aromatic rings. The standard InChI is InChI=1S/C26H30N4O2/c1-18-15-29(16-19(2)31-18)17-20-10-12-30(13-11-20)26-24(14-27)28-25(32-26)23-9-5-7-21-6-3-4-8-22(21)23/h3-9,18-20H,10-13,15-17H2,1-2H3. The second kappa shape index (κ2) is 8.93. The second-order valence-electron chi connectivity index (χ2n) is 9.22. The van der Waals surface area contributed by atoms with E-state index >= 15 is 0 Å². The van der Waals surface area contributed by atoms with Crippen LogP contribution in [0.1, 0.15) is 32.4 Å². The Hall–Kier alpha value is -2.88. The van der Waals surface area contributed by atoms with E-state index in [-0.39, 0.29) is 0 Å². The molecule has 166 valence electrons. The molecule has 2 aliphatic heterocycles. The van der Waals surface area contributed by atoms with Crippen LogP contribution in [0, 0.1) is 17.2 Å². The van der Waals surface area contributed by atoms with Crippen LogP contribution in [0.25, 0.3) is 22.2 Å². The average molecular weight is 431 g/mol. The molecule has 3 heterocycles. The van der Waals surface area contributed by atoms with Crippen molar-refractivity contribution in [3.63, 3.8) is 0 Å². The summed E-state index contributed by atoms with van der Waals surface area (Å²) in [6.07, 6.45) is 2.79. The van der Waals surface area contributed by atoms with E-state index in [4.69, 9.17) is 9.15 Å². The fourth-order valence-electron chi connectivity index (χ4n) is 5.24. The molecule has 2 atom stereocenters. The maximum atomic E-state index is 9.72. The number of fused-ring (bicyclic) bond motifs is 1. The molecule has 0 amide bonds. The van der Waals surface area contributed by atoms with Gasteiger partial charge in [0, 0.05) is 38.3 Å². The van der Waals surface area contributed by atoms with E-state index < -0.39 is 0 Å². The van der Waals surface area contributed by atoms with E-state index in [9.17, 15) is 5.26 Å². The Bertz CT molecular complexity index is 1110. The molecule has 6 heteroatoms. The van der Waals surface area contributed by atoms with Gasteiger partial charge in [0.15, 0.2) is 0 Å². The normalized spacial score (nSPS) is 22.8. The number of morpholine rings is 1. The Kier molecular flexibility index (Phi) is 5.86. The molecule has 0 aliphatic carbocycles. The molecule has 2 fully saturated rings. The van der Waals surface area contributed by atoms with Crippen molar-refractivity contribution >= 4 is 16.7 Å². The quantitative estimate of drug-likeness (QED) is 0.598. The number of ether oxygens (including phenoxy) is 1. The highest BCUT2D eigenvalue weighted by Crippen LogP contribution is 2.34. The minimum atomic E-state index is 0.304. The summed E-state index contributed by atoms with van der Waals surface area (Å²) in [7, 11) is 0. The third-order valence-electron chi connectivity index (χ3n) is 6.65. The zero-order valence-corrected chi connectivity index (χ0v) is 18.8. The largest absolute Gasteiger partial charge is 0.419 e. The number of benzene rings is 2. The Morgan fingerprint density at radius 3 is 2.50 bits per heavy atom. The Morgan fingerprint density at radius 2 is 1.75 bits per heavy atom. The Labute approximate surface area is 189 Å². The van der Waals surface area contributed by atoms with Crippen LogP contribution >= 0.6 is 0 Å². The lowest BCUT2D eigenvalue weighted by Gasteiger charge is -2.39. The first-order chi connectivity index (χ1) is 15.6. The summed E-state index contributed by atoms with van der Waals surface area (Å²) in [6.45, 7) is 9.24. The van der Waals surface area contributed by atoms with E-state index in [1.165, 1.54) is 0 Å². The van der Waals surface area contributed by atoms with Gasteiger partial charge in [0.2, 0.25) is 17.5 Å². The van der Waals surface area contributed by atoms with Gasteiger partial charge in [-0.15, -0.1) is 0 Å². The van der Waals surface area contributed by atoms with E-state index in [1.807, 2.05) is 24.3 Å². The van der Waals surface area contributed by atoms with Crippen LogP contribution in [-0.2, 0) is 4.74 Å². The minimum absolute atomic E-state index is 0.304. The van der Waals surface area contributed by atoms with Crippen molar-refractivity contribution in [2.75, 3.05) is 37.6 Å². The summed E-state index contributed by atoms with van der Waals surface area (Å²) in [5.74, 6) is 1.80. The highest BCUT2D eigenvalue weighted by atomic mass is 16.5. The summed E-state index contributed by atoms with van der Waals surface area (Å²) >= 11 is 0. The zero-order valence-electron chi connectivity index (χ0n) is 18.8. The average Bonchev–Trinajstić information content (AvgIpc) is 3.23. The molecule has 2 saturated heterocycles.